The summed E-state index contributed by atoms with van der Waals surface area (Å²) in [5, 5.41) is 4.70. The molecule has 5 heteroatoms. The molecule has 3 nitrogen and oxygen atoms in total. The lowest BCUT2D eigenvalue weighted by molar-refractivity contribution is 0.242. The molecule has 2 fully saturated rings. The lowest BCUT2D eigenvalue weighted by Crippen LogP contribution is -2.47. The van der Waals surface area contributed by atoms with E-state index in [1.54, 1.807) is 6.26 Å². The smallest absolute Gasteiger partial charge is 0.157 e. The Morgan fingerprint density at radius 2 is 2.47 bits per heavy atom. The SMILES string of the molecule is CC1CCCC2(CSC(=NCCS(C)=O)N2)C1. The molecule has 3 atom stereocenters. The molecule has 1 aliphatic heterocycles. The van der Waals surface area contributed by atoms with Crippen molar-refractivity contribution in [1.82, 2.24) is 5.32 Å². The Balaban J connectivity index is 1.87. The van der Waals surface area contributed by atoms with Crippen LogP contribution < -0.4 is 5.32 Å². The van der Waals surface area contributed by atoms with E-state index >= 15 is 0 Å². The Hall–Kier alpha value is -0.0300. The first-order valence-electron chi connectivity index (χ1n) is 6.35. The Bertz CT molecular complexity index is 332. The Kier molecular flexibility index (Phi) is 4.53. The molecule has 1 heterocycles. The van der Waals surface area contributed by atoms with Gasteiger partial charge in [-0.15, -0.1) is 0 Å². The third kappa shape index (κ3) is 3.71. The van der Waals surface area contributed by atoms with E-state index < -0.39 is 10.8 Å². The van der Waals surface area contributed by atoms with Crippen LogP contribution in [0.4, 0.5) is 0 Å². The van der Waals surface area contributed by atoms with Crippen molar-refractivity contribution in [3.8, 4) is 0 Å². The molecule has 3 unspecified atom stereocenters. The number of amidine groups is 1. The Labute approximate surface area is 111 Å². The van der Waals surface area contributed by atoms with Crippen molar-refractivity contribution in [2.45, 2.75) is 38.1 Å². The number of nitrogens with zero attached hydrogens (tertiary/aromatic N) is 1. The van der Waals surface area contributed by atoms with Gasteiger partial charge in [0.1, 0.15) is 0 Å². The van der Waals surface area contributed by atoms with Crippen LogP contribution in [0.1, 0.15) is 32.6 Å². The van der Waals surface area contributed by atoms with Crippen LogP contribution >= 0.6 is 11.8 Å². The van der Waals surface area contributed by atoms with Crippen molar-refractivity contribution in [3.63, 3.8) is 0 Å². The van der Waals surface area contributed by atoms with Crippen LogP contribution in [0.15, 0.2) is 4.99 Å². The predicted molar refractivity (Wildman–Crippen MR) is 77.2 cm³/mol. The van der Waals surface area contributed by atoms with Crippen LogP contribution in [-0.4, -0.2) is 39.2 Å². The summed E-state index contributed by atoms with van der Waals surface area (Å²) >= 11 is 1.84. The van der Waals surface area contributed by atoms with E-state index in [1.165, 1.54) is 25.7 Å². The number of rotatable bonds is 3. The van der Waals surface area contributed by atoms with Gasteiger partial charge in [0.05, 0.1) is 6.54 Å². The fraction of sp³-hybridized carbons (Fsp3) is 0.917. The minimum Gasteiger partial charge on any atom is -0.359 e. The Morgan fingerprint density at radius 1 is 1.65 bits per heavy atom. The van der Waals surface area contributed by atoms with Gasteiger partial charge in [-0.05, 0) is 18.8 Å². The van der Waals surface area contributed by atoms with E-state index in [2.05, 4.69) is 17.2 Å². The Morgan fingerprint density at radius 3 is 3.18 bits per heavy atom. The predicted octanol–water partition coefficient (Wildman–Crippen LogP) is 2.01. The summed E-state index contributed by atoms with van der Waals surface area (Å²) in [6.07, 6.45) is 7.00. The maximum Gasteiger partial charge on any atom is 0.157 e. The number of hydrogen-bond acceptors (Lipinski definition) is 3. The van der Waals surface area contributed by atoms with E-state index in [9.17, 15) is 4.21 Å². The molecule has 0 aromatic heterocycles. The second-order valence-electron chi connectivity index (χ2n) is 5.36. The molecule has 1 saturated heterocycles. The monoisotopic (exact) mass is 274 g/mol. The number of nitrogens with one attached hydrogen (secondary N) is 1. The maximum absolute atomic E-state index is 11.0. The van der Waals surface area contributed by atoms with E-state index in [-0.39, 0.29) is 0 Å². The topological polar surface area (TPSA) is 41.5 Å². The van der Waals surface area contributed by atoms with Crippen molar-refractivity contribution in [1.29, 1.82) is 0 Å². The molecule has 1 spiro atoms. The van der Waals surface area contributed by atoms with Crippen molar-refractivity contribution in [3.05, 3.63) is 0 Å². The number of thioether (sulfide) groups is 1. The van der Waals surface area contributed by atoms with E-state index in [0.717, 1.165) is 16.8 Å². The second kappa shape index (κ2) is 5.74. The molecular formula is C12H22N2OS2. The average Bonchev–Trinajstić information content (AvgIpc) is 2.60. The van der Waals surface area contributed by atoms with Gasteiger partial charge >= 0.3 is 0 Å². The van der Waals surface area contributed by atoms with Gasteiger partial charge in [-0.1, -0.05) is 31.5 Å². The minimum absolute atomic E-state index is 0.312. The molecule has 17 heavy (non-hydrogen) atoms. The van der Waals surface area contributed by atoms with Crippen molar-refractivity contribution < 1.29 is 4.21 Å². The van der Waals surface area contributed by atoms with E-state index in [4.69, 9.17) is 0 Å². The quantitative estimate of drug-likeness (QED) is 0.856. The van der Waals surface area contributed by atoms with E-state index in [0.29, 0.717) is 17.8 Å². The summed E-state index contributed by atoms with van der Waals surface area (Å²) in [5.41, 5.74) is 0.312. The van der Waals surface area contributed by atoms with Gasteiger partial charge in [0.2, 0.25) is 0 Å². The molecule has 2 aliphatic rings. The first-order chi connectivity index (χ1) is 8.10. The zero-order chi connectivity index (χ0) is 12.3. The molecule has 1 aliphatic carbocycles. The summed E-state index contributed by atoms with van der Waals surface area (Å²) in [4.78, 5) is 4.51. The number of aliphatic imine (C=N–C) groups is 1. The first-order valence-corrected chi connectivity index (χ1v) is 9.06. The third-order valence-corrected chi connectivity index (χ3v) is 5.54. The van der Waals surface area contributed by atoms with Crippen LogP contribution in [0, 0.1) is 5.92 Å². The maximum atomic E-state index is 11.0. The van der Waals surface area contributed by atoms with Gasteiger partial charge in [-0.3, -0.25) is 9.20 Å². The largest absolute Gasteiger partial charge is 0.359 e. The summed E-state index contributed by atoms with van der Waals surface area (Å²) < 4.78 is 11.0. The van der Waals surface area contributed by atoms with Gasteiger partial charge in [0.15, 0.2) is 5.17 Å². The molecule has 0 aromatic carbocycles. The summed E-state index contributed by atoms with van der Waals surface area (Å²) in [5.74, 6) is 2.67. The first kappa shape index (κ1) is 13.4. The van der Waals surface area contributed by atoms with Crippen LogP contribution in [0.3, 0.4) is 0 Å². The van der Waals surface area contributed by atoms with Gasteiger partial charge in [0, 0.05) is 34.1 Å². The fourth-order valence-electron chi connectivity index (χ4n) is 2.77. The van der Waals surface area contributed by atoms with Crippen molar-refractivity contribution in [2.24, 2.45) is 10.9 Å². The summed E-state index contributed by atoms with van der Waals surface area (Å²) in [7, 11) is -0.729. The summed E-state index contributed by atoms with van der Waals surface area (Å²) in [6, 6.07) is 0. The lowest BCUT2D eigenvalue weighted by atomic mass is 9.78. The van der Waals surface area contributed by atoms with Crippen LogP contribution in [0.5, 0.6) is 0 Å². The highest BCUT2D eigenvalue weighted by Gasteiger charge is 2.40. The molecule has 0 amide bonds. The zero-order valence-electron chi connectivity index (χ0n) is 10.7. The minimum atomic E-state index is -0.729. The fourth-order valence-corrected chi connectivity index (χ4v) is 4.34. The normalized spacial score (nSPS) is 37.3. The molecule has 0 aromatic rings. The van der Waals surface area contributed by atoms with Crippen LogP contribution in [-0.2, 0) is 10.8 Å². The van der Waals surface area contributed by atoms with Crippen LogP contribution in [0.2, 0.25) is 0 Å². The molecule has 1 N–H and O–H groups in total. The molecule has 98 valence electrons. The van der Waals surface area contributed by atoms with Gasteiger partial charge in [0.25, 0.3) is 0 Å². The van der Waals surface area contributed by atoms with Gasteiger partial charge in [-0.2, -0.15) is 0 Å². The second-order valence-corrected chi connectivity index (χ2v) is 7.88. The standard InChI is InChI=1S/C12H22N2OS2/c1-10-4-3-5-12(8-10)9-16-11(14-12)13-6-7-17(2)15/h10H,3-9H2,1-2H3,(H,13,14). The number of hydrogen-bond donors (Lipinski definition) is 1. The van der Waals surface area contributed by atoms with Gasteiger partial charge < -0.3 is 5.32 Å². The molecule has 0 radical (unpaired) electrons. The molecular weight excluding hydrogens is 252 g/mol. The molecule has 1 saturated carbocycles. The third-order valence-electron chi connectivity index (χ3n) is 3.58. The van der Waals surface area contributed by atoms with Gasteiger partial charge in [-0.25, -0.2) is 0 Å². The zero-order valence-corrected chi connectivity index (χ0v) is 12.3. The van der Waals surface area contributed by atoms with E-state index in [1.807, 2.05) is 11.8 Å². The van der Waals surface area contributed by atoms with Crippen molar-refractivity contribution in [2.75, 3.05) is 24.3 Å². The lowest BCUT2D eigenvalue weighted by Gasteiger charge is -2.36. The molecule has 2 rings (SSSR count). The highest BCUT2D eigenvalue weighted by molar-refractivity contribution is 8.14. The van der Waals surface area contributed by atoms with Crippen molar-refractivity contribution >= 4 is 27.7 Å². The summed E-state index contributed by atoms with van der Waals surface area (Å²) in [6.45, 7) is 3.03. The highest BCUT2D eigenvalue weighted by atomic mass is 32.2. The van der Waals surface area contributed by atoms with Crippen LogP contribution in [0.25, 0.3) is 0 Å². The highest BCUT2D eigenvalue weighted by Crippen LogP contribution is 2.38. The molecule has 0 bridgehead atoms. The average molecular weight is 274 g/mol.